The number of benzene rings is 1. The Morgan fingerprint density at radius 1 is 1.50 bits per heavy atom. The molecule has 1 rings (SSSR count). The molecule has 4 nitrogen and oxygen atoms in total. The maximum Gasteiger partial charge on any atom is 0.242 e. The number of nitrogens with two attached hydrogens (primary N) is 1. The van der Waals surface area contributed by atoms with Gasteiger partial charge < -0.3 is 5.73 Å². The highest BCUT2D eigenvalue weighted by molar-refractivity contribution is 7.99. The van der Waals surface area contributed by atoms with Gasteiger partial charge in [-0.25, -0.2) is 13.1 Å². The average molecular weight is 309 g/mol. The van der Waals surface area contributed by atoms with Crippen molar-refractivity contribution in [3.05, 3.63) is 23.2 Å². The summed E-state index contributed by atoms with van der Waals surface area (Å²) in [6.07, 6.45) is 0. The van der Waals surface area contributed by atoms with Crippen molar-refractivity contribution in [2.24, 2.45) is 0 Å². The fourth-order valence-corrected chi connectivity index (χ4v) is 3.94. The van der Waals surface area contributed by atoms with Crippen LogP contribution < -0.4 is 10.5 Å². The summed E-state index contributed by atoms with van der Waals surface area (Å²) in [5.74, 6) is 1.67. The maximum absolute atomic E-state index is 12.1. The lowest BCUT2D eigenvalue weighted by Gasteiger charge is -2.14. The van der Waals surface area contributed by atoms with Gasteiger partial charge in [0, 0.05) is 17.5 Å². The molecule has 3 N–H and O–H groups in total. The normalized spacial score (nSPS) is 13.5. The van der Waals surface area contributed by atoms with Gasteiger partial charge in [-0.1, -0.05) is 18.5 Å². The van der Waals surface area contributed by atoms with Crippen molar-refractivity contribution >= 4 is 39.1 Å². The lowest BCUT2D eigenvalue weighted by atomic mass is 10.3. The zero-order chi connectivity index (χ0) is 13.8. The number of sulfonamides is 1. The van der Waals surface area contributed by atoms with Gasteiger partial charge in [0.15, 0.2) is 0 Å². The van der Waals surface area contributed by atoms with Crippen LogP contribution in [0, 0.1) is 0 Å². The summed E-state index contributed by atoms with van der Waals surface area (Å²) < 4.78 is 26.8. The zero-order valence-corrected chi connectivity index (χ0v) is 12.7. The fraction of sp³-hybridized carbons (Fsp3) is 0.455. The molecule has 7 heteroatoms. The second-order valence-electron chi connectivity index (χ2n) is 3.87. The van der Waals surface area contributed by atoms with E-state index in [-0.39, 0.29) is 16.0 Å². The quantitative estimate of drug-likeness (QED) is 0.791. The third kappa shape index (κ3) is 4.35. The molecule has 1 unspecified atom stereocenters. The third-order valence-electron chi connectivity index (χ3n) is 2.17. The number of rotatable bonds is 6. The van der Waals surface area contributed by atoms with Crippen molar-refractivity contribution in [2.75, 3.05) is 17.2 Å². The molecule has 0 radical (unpaired) electrons. The number of thioether (sulfide) groups is 1. The lowest BCUT2D eigenvalue weighted by Crippen LogP contribution is -2.34. The average Bonchev–Trinajstić information content (AvgIpc) is 2.29. The minimum atomic E-state index is -3.62. The van der Waals surface area contributed by atoms with Crippen LogP contribution in [0.15, 0.2) is 23.1 Å². The topological polar surface area (TPSA) is 72.2 Å². The molecule has 102 valence electrons. The van der Waals surface area contributed by atoms with E-state index in [2.05, 4.69) is 4.72 Å². The molecule has 0 heterocycles. The molecule has 0 aliphatic heterocycles. The molecule has 1 aromatic rings. The molecule has 18 heavy (non-hydrogen) atoms. The van der Waals surface area contributed by atoms with Gasteiger partial charge in [-0.2, -0.15) is 11.8 Å². The monoisotopic (exact) mass is 308 g/mol. The van der Waals surface area contributed by atoms with E-state index in [1.165, 1.54) is 12.1 Å². The predicted octanol–water partition coefficient (Wildman–Crippen LogP) is 2.34. The van der Waals surface area contributed by atoms with Gasteiger partial charge in [0.25, 0.3) is 0 Å². The number of nitrogen functional groups attached to an aromatic ring is 1. The Labute approximate surface area is 117 Å². The van der Waals surface area contributed by atoms with Gasteiger partial charge in [-0.05, 0) is 30.9 Å². The van der Waals surface area contributed by atoms with E-state index in [4.69, 9.17) is 17.3 Å². The number of halogens is 1. The summed E-state index contributed by atoms with van der Waals surface area (Å²) in [4.78, 5) is 0.0255. The molecule has 0 bridgehead atoms. The van der Waals surface area contributed by atoms with E-state index in [0.717, 1.165) is 11.5 Å². The smallest absolute Gasteiger partial charge is 0.242 e. The van der Waals surface area contributed by atoms with Gasteiger partial charge in [0.05, 0.1) is 5.02 Å². The highest BCUT2D eigenvalue weighted by Crippen LogP contribution is 2.23. The van der Waals surface area contributed by atoms with Crippen LogP contribution in [0.4, 0.5) is 5.69 Å². The molecule has 0 amide bonds. The first-order valence-electron chi connectivity index (χ1n) is 5.52. The molecule has 0 aliphatic rings. The van der Waals surface area contributed by atoms with E-state index >= 15 is 0 Å². The van der Waals surface area contributed by atoms with Crippen molar-refractivity contribution < 1.29 is 8.42 Å². The highest BCUT2D eigenvalue weighted by atomic mass is 35.5. The molecule has 0 saturated carbocycles. The fourth-order valence-electron chi connectivity index (χ4n) is 1.38. The molecule has 1 aromatic carbocycles. The molecule has 0 spiro atoms. The molecular weight excluding hydrogens is 292 g/mol. The highest BCUT2D eigenvalue weighted by Gasteiger charge is 2.20. The molecule has 0 fully saturated rings. The minimum Gasteiger partial charge on any atom is -0.399 e. The van der Waals surface area contributed by atoms with Crippen LogP contribution in [0.25, 0.3) is 0 Å². The summed E-state index contributed by atoms with van der Waals surface area (Å²) in [7, 11) is -3.62. The lowest BCUT2D eigenvalue weighted by molar-refractivity contribution is 0.571. The summed E-state index contributed by atoms with van der Waals surface area (Å²) >= 11 is 7.56. The second kappa shape index (κ2) is 6.65. The first kappa shape index (κ1) is 15.6. The molecule has 0 aromatic heterocycles. The zero-order valence-electron chi connectivity index (χ0n) is 10.3. The molecule has 0 saturated heterocycles. The Morgan fingerprint density at radius 3 is 2.78 bits per heavy atom. The second-order valence-corrected chi connectivity index (χ2v) is 7.28. The Morgan fingerprint density at radius 2 is 2.17 bits per heavy atom. The van der Waals surface area contributed by atoms with E-state index in [9.17, 15) is 8.42 Å². The Bertz CT molecular complexity index is 506. The van der Waals surface area contributed by atoms with Crippen molar-refractivity contribution in [1.29, 1.82) is 0 Å². The van der Waals surface area contributed by atoms with Crippen LogP contribution in [-0.4, -0.2) is 26.0 Å². The van der Waals surface area contributed by atoms with Crippen molar-refractivity contribution in [1.82, 2.24) is 4.72 Å². The van der Waals surface area contributed by atoms with Crippen LogP contribution in [0.2, 0.25) is 5.02 Å². The molecule has 0 aliphatic carbocycles. The van der Waals surface area contributed by atoms with E-state index < -0.39 is 10.0 Å². The van der Waals surface area contributed by atoms with E-state index in [1.807, 2.05) is 13.8 Å². The maximum atomic E-state index is 12.1. The number of anilines is 1. The van der Waals surface area contributed by atoms with Crippen LogP contribution >= 0.6 is 23.4 Å². The van der Waals surface area contributed by atoms with Crippen LogP contribution in [0.3, 0.4) is 0 Å². The number of hydrogen-bond donors (Lipinski definition) is 2. The number of hydrogen-bond acceptors (Lipinski definition) is 4. The first-order valence-corrected chi connectivity index (χ1v) is 8.53. The number of nitrogens with one attached hydrogen (secondary N) is 1. The van der Waals surface area contributed by atoms with Crippen molar-refractivity contribution in [3.63, 3.8) is 0 Å². The first-order chi connectivity index (χ1) is 8.36. The van der Waals surface area contributed by atoms with E-state index in [1.54, 1.807) is 17.8 Å². The van der Waals surface area contributed by atoms with Gasteiger partial charge in [-0.3, -0.25) is 0 Å². The molecular formula is C11H17ClN2O2S2. The van der Waals surface area contributed by atoms with Gasteiger partial charge in [0.1, 0.15) is 4.90 Å². The summed E-state index contributed by atoms with van der Waals surface area (Å²) in [5.41, 5.74) is 5.95. The van der Waals surface area contributed by atoms with Crippen LogP contribution in [0.1, 0.15) is 13.8 Å². The largest absolute Gasteiger partial charge is 0.399 e. The van der Waals surface area contributed by atoms with Crippen molar-refractivity contribution in [2.45, 2.75) is 24.8 Å². The summed E-state index contributed by atoms with van der Waals surface area (Å²) in [5, 5.41) is 0.173. The molecule has 1 atom stereocenters. The minimum absolute atomic E-state index is 0.0255. The van der Waals surface area contributed by atoms with E-state index in [0.29, 0.717) is 5.69 Å². The Kier molecular flexibility index (Phi) is 5.78. The van der Waals surface area contributed by atoms with Crippen LogP contribution in [-0.2, 0) is 10.0 Å². The van der Waals surface area contributed by atoms with Gasteiger partial charge in [0.2, 0.25) is 10.0 Å². The summed E-state index contributed by atoms with van der Waals surface area (Å²) in [6.45, 7) is 3.85. The standard InChI is InChI=1S/C11H17ClN2O2S2/c1-3-17-7-8(2)14-18(15,16)11-6-9(13)4-5-10(11)12/h4-6,8,14H,3,7,13H2,1-2H3. The predicted molar refractivity (Wildman–Crippen MR) is 78.6 cm³/mol. The Hall–Kier alpha value is -0.430. The SMILES string of the molecule is CCSCC(C)NS(=O)(=O)c1cc(N)ccc1Cl. The summed E-state index contributed by atoms with van der Waals surface area (Å²) in [6, 6.07) is 4.26. The van der Waals surface area contributed by atoms with Crippen molar-refractivity contribution in [3.8, 4) is 0 Å². The van der Waals surface area contributed by atoms with Crippen LogP contribution in [0.5, 0.6) is 0 Å². The third-order valence-corrected chi connectivity index (χ3v) is 5.39. The van der Waals surface area contributed by atoms with Gasteiger partial charge >= 0.3 is 0 Å². The van der Waals surface area contributed by atoms with Gasteiger partial charge in [-0.15, -0.1) is 0 Å². The Balaban J connectivity index is 2.89.